The molecule has 108 valence electrons. The minimum absolute atomic E-state index is 0.122. The number of allylic oxidation sites excluding steroid dienone is 2. The van der Waals surface area contributed by atoms with Gasteiger partial charge in [0.05, 0.1) is 10.6 Å². The first kappa shape index (κ1) is 14.0. The normalized spacial score (nSPS) is 17.6. The van der Waals surface area contributed by atoms with Crippen molar-refractivity contribution < 1.29 is 4.79 Å². The fourth-order valence-corrected chi connectivity index (χ4v) is 3.33. The quantitative estimate of drug-likeness (QED) is 0.873. The van der Waals surface area contributed by atoms with Crippen molar-refractivity contribution in [3.8, 4) is 10.6 Å². The van der Waals surface area contributed by atoms with Gasteiger partial charge in [0.2, 0.25) is 5.91 Å². The van der Waals surface area contributed by atoms with Gasteiger partial charge in [-0.05, 0) is 42.3 Å². The molecule has 1 atom stereocenters. The number of rotatable bonds is 4. The van der Waals surface area contributed by atoms with Gasteiger partial charge < -0.3 is 5.32 Å². The molecule has 0 unspecified atom stereocenters. The molecular weight excluding hydrogens is 280 g/mol. The van der Waals surface area contributed by atoms with E-state index in [-0.39, 0.29) is 11.8 Å². The number of thiophene rings is 1. The van der Waals surface area contributed by atoms with Gasteiger partial charge in [0.15, 0.2) is 0 Å². The summed E-state index contributed by atoms with van der Waals surface area (Å²) < 4.78 is 0. The molecule has 0 bridgehead atoms. The van der Waals surface area contributed by atoms with Crippen LogP contribution in [0.5, 0.6) is 0 Å². The summed E-state index contributed by atoms with van der Waals surface area (Å²) in [6, 6.07) is 8.03. The average molecular weight is 298 g/mol. The van der Waals surface area contributed by atoms with E-state index in [0.717, 1.165) is 35.4 Å². The van der Waals surface area contributed by atoms with Crippen molar-refractivity contribution in [2.24, 2.45) is 5.92 Å². The van der Waals surface area contributed by atoms with Gasteiger partial charge in [0, 0.05) is 18.7 Å². The van der Waals surface area contributed by atoms with Crippen molar-refractivity contribution in [2.45, 2.75) is 25.8 Å². The molecule has 1 N–H and O–H groups in total. The highest BCUT2D eigenvalue weighted by Gasteiger charge is 2.18. The van der Waals surface area contributed by atoms with Crippen LogP contribution >= 0.6 is 11.3 Å². The second kappa shape index (κ2) is 6.68. The molecule has 2 aromatic heterocycles. The Kier molecular flexibility index (Phi) is 4.46. The summed E-state index contributed by atoms with van der Waals surface area (Å²) in [4.78, 5) is 17.8. The van der Waals surface area contributed by atoms with E-state index in [1.54, 1.807) is 17.5 Å². The van der Waals surface area contributed by atoms with Crippen LogP contribution in [0, 0.1) is 5.92 Å². The van der Waals surface area contributed by atoms with Crippen molar-refractivity contribution in [3.05, 3.63) is 53.6 Å². The van der Waals surface area contributed by atoms with Gasteiger partial charge >= 0.3 is 0 Å². The summed E-state index contributed by atoms with van der Waals surface area (Å²) in [6.07, 6.45) is 8.87. The maximum absolute atomic E-state index is 12.2. The molecule has 3 rings (SSSR count). The molecule has 0 saturated heterocycles. The SMILES string of the molecule is O=C(NCc1cccnc1-c1cccs1)[C@@H]1CC=CCC1. The van der Waals surface area contributed by atoms with E-state index in [2.05, 4.69) is 28.5 Å². The Morgan fingerprint density at radius 3 is 3.05 bits per heavy atom. The van der Waals surface area contributed by atoms with E-state index in [1.807, 2.05) is 23.6 Å². The molecule has 21 heavy (non-hydrogen) atoms. The Morgan fingerprint density at radius 2 is 2.29 bits per heavy atom. The lowest BCUT2D eigenvalue weighted by Gasteiger charge is -2.17. The first-order valence-electron chi connectivity index (χ1n) is 7.25. The summed E-state index contributed by atoms with van der Waals surface area (Å²) in [5.74, 6) is 0.275. The number of hydrogen-bond donors (Lipinski definition) is 1. The predicted octanol–water partition coefficient (Wildman–Crippen LogP) is 3.78. The van der Waals surface area contributed by atoms with Crippen LogP contribution in [0.3, 0.4) is 0 Å². The van der Waals surface area contributed by atoms with E-state index in [9.17, 15) is 4.79 Å². The van der Waals surface area contributed by atoms with Crippen LogP contribution in [-0.2, 0) is 11.3 Å². The number of hydrogen-bond acceptors (Lipinski definition) is 3. The lowest BCUT2D eigenvalue weighted by molar-refractivity contribution is -0.125. The largest absolute Gasteiger partial charge is 0.352 e. The Labute approximate surface area is 128 Å². The van der Waals surface area contributed by atoms with Gasteiger partial charge in [-0.15, -0.1) is 11.3 Å². The second-order valence-electron chi connectivity index (χ2n) is 5.19. The zero-order valence-corrected chi connectivity index (χ0v) is 12.6. The number of pyridine rings is 1. The van der Waals surface area contributed by atoms with E-state index >= 15 is 0 Å². The highest BCUT2D eigenvalue weighted by Crippen LogP contribution is 2.26. The van der Waals surface area contributed by atoms with Gasteiger partial charge in [-0.2, -0.15) is 0 Å². The van der Waals surface area contributed by atoms with Crippen LogP contribution in [0.4, 0.5) is 0 Å². The summed E-state index contributed by atoms with van der Waals surface area (Å²) in [7, 11) is 0. The molecule has 0 fully saturated rings. The number of carbonyl (C=O) groups excluding carboxylic acids is 1. The fraction of sp³-hybridized carbons (Fsp3) is 0.294. The number of amides is 1. The number of carbonyl (C=O) groups is 1. The van der Waals surface area contributed by atoms with Crippen LogP contribution in [0.2, 0.25) is 0 Å². The van der Waals surface area contributed by atoms with Crippen molar-refractivity contribution in [2.75, 3.05) is 0 Å². The van der Waals surface area contributed by atoms with Crippen LogP contribution in [-0.4, -0.2) is 10.9 Å². The third-order valence-corrected chi connectivity index (χ3v) is 4.62. The molecule has 3 nitrogen and oxygen atoms in total. The van der Waals surface area contributed by atoms with Gasteiger partial charge in [0.25, 0.3) is 0 Å². The molecule has 0 spiro atoms. The zero-order valence-electron chi connectivity index (χ0n) is 11.8. The van der Waals surface area contributed by atoms with Crippen molar-refractivity contribution >= 4 is 17.2 Å². The van der Waals surface area contributed by atoms with Crippen LogP contribution in [0.25, 0.3) is 10.6 Å². The maximum Gasteiger partial charge on any atom is 0.223 e. The molecule has 1 amide bonds. The molecule has 2 aromatic rings. The highest BCUT2D eigenvalue weighted by molar-refractivity contribution is 7.13. The molecule has 1 aliphatic rings. The van der Waals surface area contributed by atoms with Crippen LogP contribution in [0.15, 0.2) is 48.0 Å². The maximum atomic E-state index is 12.2. The lowest BCUT2D eigenvalue weighted by Crippen LogP contribution is -2.30. The first-order chi connectivity index (χ1) is 10.3. The third-order valence-electron chi connectivity index (χ3n) is 3.74. The minimum Gasteiger partial charge on any atom is -0.352 e. The number of nitrogens with one attached hydrogen (secondary N) is 1. The summed E-state index contributed by atoms with van der Waals surface area (Å²) in [6.45, 7) is 0.542. The van der Waals surface area contributed by atoms with Crippen molar-refractivity contribution in [1.29, 1.82) is 0 Å². The van der Waals surface area contributed by atoms with Gasteiger partial charge in [0.1, 0.15) is 0 Å². The first-order valence-corrected chi connectivity index (χ1v) is 8.13. The standard InChI is InChI=1S/C17H18N2OS/c20-17(13-6-2-1-3-7-13)19-12-14-8-4-10-18-16(14)15-9-5-11-21-15/h1-2,4-5,8-11,13H,3,6-7,12H2,(H,19,20)/t13-/m1/s1. The summed E-state index contributed by atoms with van der Waals surface area (Å²) in [5.41, 5.74) is 2.04. The Morgan fingerprint density at radius 1 is 1.33 bits per heavy atom. The monoisotopic (exact) mass is 298 g/mol. The molecule has 0 aliphatic heterocycles. The Bertz CT molecular complexity index is 634. The van der Waals surface area contributed by atoms with Crippen LogP contribution < -0.4 is 5.32 Å². The average Bonchev–Trinajstić information content (AvgIpc) is 3.08. The molecule has 4 heteroatoms. The number of aromatic nitrogens is 1. The smallest absolute Gasteiger partial charge is 0.223 e. The predicted molar refractivity (Wildman–Crippen MR) is 85.9 cm³/mol. The summed E-state index contributed by atoms with van der Waals surface area (Å²) >= 11 is 1.67. The molecule has 2 heterocycles. The number of nitrogens with zero attached hydrogens (tertiary/aromatic N) is 1. The Hall–Kier alpha value is -1.94. The molecule has 1 aliphatic carbocycles. The molecule has 0 aromatic carbocycles. The van der Waals surface area contributed by atoms with Crippen LogP contribution in [0.1, 0.15) is 24.8 Å². The van der Waals surface area contributed by atoms with Gasteiger partial charge in [-0.25, -0.2) is 0 Å². The minimum atomic E-state index is 0.122. The van der Waals surface area contributed by atoms with Crippen molar-refractivity contribution in [3.63, 3.8) is 0 Å². The Balaban J connectivity index is 1.68. The van der Waals surface area contributed by atoms with E-state index in [4.69, 9.17) is 0 Å². The lowest BCUT2D eigenvalue weighted by atomic mass is 9.93. The summed E-state index contributed by atoms with van der Waals surface area (Å²) in [5, 5.41) is 5.11. The highest BCUT2D eigenvalue weighted by atomic mass is 32.1. The zero-order chi connectivity index (χ0) is 14.5. The van der Waals surface area contributed by atoms with Gasteiger partial charge in [-0.3, -0.25) is 9.78 Å². The van der Waals surface area contributed by atoms with E-state index < -0.39 is 0 Å². The third kappa shape index (κ3) is 3.39. The topological polar surface area (TPSA) is 42.0 Å². The molecular formula is C17H18N2OS. The molecule has 0 radical (unpaired) electrons. The van der Waals surface area contributed by atoms with E-state index in [0.29, 0.717) is 6.54 Å². The second-order valence-corrected chi connectivity index (χ2v) is 6.14. The van der Waals surface area contributed by atoms with Gasteiger partial charge in [-0.1, -0.05) is 24.3 Å². The van der Waals surface area contributed by atoms with E-state index in [1.165, 1.54) is 0 Å². The fourth-order valence-electron chi connectivity index (χ4n) is 2.57. The van der Waals surface area contributed by atoms with Crippen molar-refractivity contribution in [1.82, 2.24) is 10.3 Å². The molecule has 0 saturated carbocycles.